The van der Waals surface area contributed by atoms with Crippen molar-refractivity contribution in [3.05, 3.63) is 53.4 Å². The smallest absolute Gasteiger partial charge is 0.152 e. The number of nitrogens with zero attached hydrogens (tertiary/aromatic N) is 4. The molecule has 2 unspecified atom stereocenters. The second kappa shape index (κ2) is 9.35. The fraction of sp³-hybridized carbons (Fsp3) is 0.429. The van der Waals surface area contributed by atoms with Gasteiger partial charge in [0.05, 0.1) is 0 Å². The molecule has 2 aliphatic rings. The van der Waals surface area contributed by atoms with E-state index >= 15 is 0 Å². The van der Waals surface area contributed by atoms with E-state index in [0.717, 1.165) is 48.7 Å². The van der Waals surface area contributed by atoms with Gasteiger partial charge in [0.2, 0.25) is 0 Å². The Morgan fingerprint density at radius 1 is 1.25 bits per heavy atom. The van der Waals surface area contributed by atoms with Crippen LogP contribution < -0.4 is 0 Å². The van der Waals surface area contributed by atoms with Gasteiger partial charge in [0.1, 0.15) is 11.6 Å². The van der Waals surface area contributed by atoms with Crippen molar-refractivity contribution < 1.29 is 4.39 Å². The van der Waals surface area contributed by atoms with Gasteiger partial charge in [-0.3, -0.25) is 0 Å². The van der Waals surface area contributed by atoms with Gasteiger partial charge >= 0.3 is 0 Å². The predicted octanol–water partition coefficient (Wildman–Crippen LogP) is 5.62. The van der Waals surface area contributed by atoms with E-state index < -0.39 is 0 Å². The average Bonchev–Trinajstić information content (AvgIpc) is 2.69. The fourth-order valence-corrected chi connectivity index (χ4v) is 3.74. The minimum absolute atomic E-state index is 0.0962. The van der Waals surface area contributed by atoms with Crippen LogP contribution in [-0.2, 0) is 0 Å². The number of rotatable bonds is 5. The first kappa shape index (κ1) is 21.2. The number of hydrogen-bond acceptors (Lipinski definition) is 4. The molecule has 2 atom stereocenters. The van der Waals surface area contributed by atoms with Gasteiger partial charge in [-0.15, -0.1) is 0 Å². The molecule has 0 aromatic heterocycles. The summed E-state index contributed by atoms with van der Waals surface area (Å²) in [6.07, 6.45) is 6.13. The zero-order valence-electron chi connectivity index (χ0n) is 16.2. The van der Waals surface area contributed by atoms with Crippen molar-refractivity contribution in [2.24, 2.45) is 16.0 Å². The first-order valence-electron chi connectivity index (χ1n) is 9.46. The molecule has 4 nitrogen and oxygen atoms in total. The van der Waals surface area contributed by atoms with E-state index in [2.05, 4.69) is 67.4 Å². The molecule has 1 saturated heterocycles. The highest BCUT2D eigenvalue weighted by atomic mass is 79.9. The molecule has 0 radical (unpaired) electrons. The summed E-state index contributed by atoms with van der Waals surface area (Å²) in [6.45, 7) is 10.1. The maximum absolute atomic E-state index is 13.5. The Hall–Kier alpha value is -1.47. The molecule has 2 aliphatic heterocycles. The Kier molecular flexibility index (Phi) is 7.10. The van der Waals surface area contributed by atoms with Crippen LogP contribution in [0.15, 0.2) is 52.1 Å². The second-order valence-corrected chi connectivity index (χ2v) is 9.77. The van der Waals surface area contributed by atoms with Gasteiger partial charge in [0, 0.05) is 41.2 Å². The monoisotopic (exact) mass is 510 g/mol. The Morgan fingerprint density at radius 3 is 2.46 bits per heavy atom. The minimum atomic E-state index is -0.252. The highest BCUT2D eigenvalue weighted by Crippen LogP contribution is 2.34. The average molecular weight is 512 g/mol. The highest BCUT2D eigenvalue weighted by molar-refractivity contribution is 9.12. The van der Waals surface area contributed by atoms with E-state index in [9.17, 15) is 4.39 Å². The number of alkyl halides is 2. The van der Waals surface area contributed by atoms with Crippen LogP contribution in [0.1, 0.15) is 32.3 Å². The molecule has 2 heterocycles. The summed E-state index contributed by atoms with van der Waals surface area (Å²) in [5.41, 5.74) is 1.84. The lowest BCUT2D eigenvalue weighted by atomic mass is 9.98. The number of halogens is 3. The van der Waals surface area contributed by atoms with Gasteiger partial charge in [-0.25, -0.2) is 9.38 Å². The Bertz CT molecular complexity index is 793. The molecule has 0 saturated carbocycles. The van der Waals surface area contributed by atoms with E-state index in [4.69, 9.17) is 0 Å². The Morgan fingerprint density at radius 2 is 1.89 bits per heavy atom. The third-order valence-corrected chi connectivity index (χ3v) is 7.45. The van der Waals surface area contributed by atoms with Crippen molar-refractivity contribution in [3.63, 3.8) is 0 Å². The van der Waals surface area contributed by atoms with Crippen LogP contribution in [-0.4, -0.2) is 45.6 Å². The van der Waals surface area contributed by atoms with Crippen LogP contribution in [0.2, 0.25) is 0 Å². The molecule has 1 fully saturated rings. The SMILES string of the molecule is C=NN1C(N2CCC(C)CC2)=C(c2ccc(F)cc2)C=N/C1=C\C(Br)C(C)Br. The lowest BCUT2D eigenvalue weighted by molar-refractivity contribution is 0.185. The van der Waals surface area contributed by atoms with Crippen LogP contribution in [0.25, 0.3) is 5.57 Å². The van der Waals surface area contributed by atoms with Crippen LogP contribution in [0.3, 0.4) is 0 Å². The highest BCUT2D eigenvalue weighted by Gasteiger charge is 2.29. The van der Waals surface area contributed by atoms with Crippen molar-refractivity contribution in [2.75, 3.05) is 13.1 Å². The fourth-order valence-electron chi connectivity index (χ4n) is 3.35. The van der Waals surface area contributed by atoms with Crippen LogP contribution in [0, 0.1) is 11.7 Å². The Labute approximate surface area is 183 Å². The lowest BCUT2D eigenvalue weighted by Crippen LogP contribution is -2.40. The summed E-state index contributed by atoms with van der Waals surface area (Å²) in [4.78, 5) is 7.32. The van der Waals surface area contributed by atoms with Crippen LogP contribution in [0.5, 0.6) is 0 Å². The number of hydrogen-bond donors (Lipinski definition) is 0. The van der Waals surface area contributed by atoms with Crippen molar-refractivity contribution in [1.82, 2.24) is 9.91 Å². The van der Waals surface area contributed by atoms with Crippen LogP contribution in [0.4, 0.5) is 4.39 Å². The minimum Gasteiger partial charge on any atom is -0.356 e. The topological polar surface area (TPSA) is 31.2 Å². The normalized spacial score (nSPS) is 22.0. The number of piperidine rings is 1. The summed E-state index contributed by atoms with van der Waals surface area (Å²) in [5.74, 6) is 2.14. The maximum Gasteiger partial charge on any atom is 0.152 e. The molecule has 0 spiro atoms. The molecule has 1 aromatic rings. The van der Waals surface area contributed by atoms with E-state index in [-0.39, 0.29) is 15.5 Å². The zero-order chi connectivity index (χ0) is 20.3. The third-order valence-electron chi connectivity index (χ3n) is 5.11. The van der Waals surface area contributed by atoms with E-state index in [1.165, 1.54) is 12.1 Å². The number of hydrazone groups is 1. The molecule has 3 rings (SSSR count). The number of aliphatic imine (C=N–C) groups is 1. The van der Waals surface area contributed by atoms with E-state index in [1.807, 2.05) is 12.3 Å². The third kappa shape index (κ3) is 4.74. The van der Waals surface area contributed by atoms with Gasteiger partial charge in [0.25, 0.3) is 0 Å². The predicted molar refractivity (Wildman–Crippen MR) is 122 cm³/mol. The number of likely N-dealkylation sites (tertiary alicyclic amines) is 1. The molecule has 7 heteroatoms. The second-order valence-electron chi connectivity index (χ2n) is 7.27. The van der Waals surface area contributed by atoms with Gasteiger partial charge in [-0.2, -0.15) is 10.1 Å². The molecule has 150 valence electrons. The first-order valence-corrected chi connectivity index (χ1v) is 11.3. The molecular formula is C21H25Br2FN4. The lowest BCUT2D eigenvalue weighted by Gasteiger charge is -2.39. The molecule has 0 bridgehead atoms. The van der Waals surface area contributed by atoms with Crippen molar-refractivity contribution in [1.29, 1.82) is 0 Å². The Balaban J connectivity index is 2.07. The molecular weight excluding hydrogens is 487 g/mol. The largest absolute Gasteiger partial charge is 0.356 e. The first-order chi connectivity index (χ1) is 13.4. The summed E-state index contributed by atoms with van der Waals surface area (Å²) >= 11 is 7.27. The number of benzene rings is 1. The summed E-state index contributed by atoms with van der Waals surface area (Å²) in [7, 11) is 0. The van der Waals surface area contributed by atoms with Gasteiger partial charge in [-0.1, -0.05) is 57.8 Å². The summed E-state index contributed by atoms with van der Waals surface area (Å²) in [5, 5.41) is 6.11. The summed E-state index contributed by atoms with van der Waals surface area (Å²) < 4.78 is 13.5. The number of allylic oxidation sites excluding steroid dienone is 2. The maximum atomic E-state index is 13.5. The van der Waals surface area contributed by atoms with Crippen LogP contribution >= 0.6 is 31.9 Å². The molecule has 0 amide bonds. The zero-order valence-corrected chi connectivity index (χ0v) is 19.3. The van der Waals surface area contributed by atoms with E-state index in [0.29, 0.717) is 5.92 Å². The quantitative estimate of drug-likeness (QED) is 0.379. The standard InChI is InChI=1S/C21H25Br2FN4/c1-14-8-10-27(11-9-14)21-18(16-4-6-17(24)7-5-16)13-26-20(28(21)25-3)12-19(23)15(2)22/h4-7,12-15,19H,3,8-11H2,1-2H3/b20-12+. The molecule has 1 aromatic carbocycles. The molecule has 0 aliphatic carbocycles. The van der Waals surface area contributed by atoms with Crippen molar-refractivity contribution >= 4 is 50.4 Å². The van der Waals surface area contributed by atoms with Gasteiger partial charge in [0.15, 0.2) is 5.82 Å². The molecule has 28 heavy (non-hydrogen) atoms. The van der Waals surface area contributed by atoms with E-state index in [1.54, 1.807) is 17.1 Å². The summed E-state index contributed by atoms with van der Waals surface area (Å²) in [6, 6.07) is 6.52. The molecule has 0 N–H and O–H groups in total. The van der Waals surface area contributed by atoms with Crippen molar-refractivity contribution in [2.45, 2.75) is 36.3 Å². The van der Waals surface area contributed by atoms with Crippen molar-refractivity contribution in [3.8, 4) is 0 Å². The van der Waals surface area contributed by atoms with Gasteiger partial charge in [-0.05, 0) is 42.5 Å². The van der Waals surface area contributed by atoms with Gasteiger partial charge < -0.3 is 4.90 Å².